The minimum Gasteiger partial charge on any atom is -0.380 e. The lowest BCUT2D eigenvalue weighted by Gasteiger charge is -2.20. The number of carbonyl (C=O) groups is 1. The first-order chi connectivity index (χ1) is 8.01. The van der Waals surface area contributed by atoms with E-state index in [4.69, 9.17) is 10.5 Å². The highest BCUT2D eigenvalue weighted by molar-refractivity contribution is 5.76. The van der Waals surface area contributed by atoms with Crippen LogP contribution in [-0.4, -0.2) is 56.7 Å². The van der Waals surface area contributed by atoms with Crippen molar-refractivity contribution in [1.29, 1.82) is 0 Å². The number of nitrogens with one attached hydrogen (secondary N) is 1. The summed E-state index contributed by atoms with van der Waals surface area (Å²) >= 11 is 0. The van der Waals surface area contributed by atoms with Gasteiger partial charge in [0.05, 0.1) is 12.5 Å². The monoisotopic (exact) mass is 245 g/mol. The van der Waals surface area contributed by atoms with Crippen LogP contribution in [-0.2, 0) is 9.53 Å². The maximum Gasteiger partial charge on any atom is 0.222 e. The lowest BCUT2D eigenvalue weighted by molar-refractivity contribution is -0.123. The maximum absolute atomic E-state index is 11.5. The summed E-state index contributed by atoms with van der Waals surface area (Å²) in [6.07, 6.45) is 1.13. The van der Waals surface area contributed by atoms with Crippen molar-refractivity contribution in [3.63, 3.8) is 0 Å². The third-order valence-corrected chi connectivity index (χ3v) is 2.90. The molecule has 102 valence electrons. The molecule has 0 aromatic heterocycles. The number of rotatable bonds is 9. The van der Waals surface area contributed by atoms with E-state index >= 15 is 0 Å². The Morgan fingerprint density at radius 1 is 1.47 bits per heavy atom. The second kappa shape index (κ2) is 9.39. The minimum absolute atomic E-state index is 0.00880. The van der Waals surface area contributed by atoms with Crippen LogP contribution < -0.4 is 11.1 Å². The molecule has 0 fully saturated rings. The zero-order valence-corrected chi connectivity index (χ0v) is 11.5. The van der Waals surface area contributed by atoms with Crippen molar-refractivity contribution in [3.8, 4) is 0 Å². The van der Waals surface area contributed by atoms with Gasteiger partial charge in [0.1, 0.15) is 0 Å². The number of ether oxygens (including phenoxy) is 1. The molecule has 0 heterocycles. The van der Waals surface area contributed by atoms with Crippen molar-refractivity contribution in [2.24, 2.45) is 5.73 Å². The topological polar surface area (TPSA) is 67.6 Å². The van der Waals surface area contributed by atoms with Crippen LogP contribution in [0.5, 0.6) is 0 Å². The Morgan fingerprint density at radius 2 is 2.12 bits per heavy atom. The zero-order chi connectivity index (χ0) is 13.3. The third kappa shape index (κ3) is 8.12. The SMILES string of the molecule is COC(CN)CC(=O)NCCCN(C)C(C)C. The largest absolute Gasteiger partial charge is 0.380 e. The summed E-state index contributed by atoms with van der Waals surface area (Å²) in [6.45, 7) is 6.38. The van der Waals surface area contributed by atoms with Crippen molar-refractivity contribution in [2.45, 2.75) is 38.8 Å². The number of carbonyl (C=O) groups excluding carboxylic acids is 1. The van der Waals surface area contributed by atoms with Gasteiger partial charge in [-0.25, -0.2) is 0 Å². The number of amides is 1. The standard InChI is InChI=1S/C12H27N3O2/c1-10(2)15(3)7-5-6-14-12(16)8-11(9-13)17-4/h10-11H,5-9,13H2,1-4H3,(H,14,16). The van der Waals surface area contributed by atoms with Gasteiger partial charge in [-0.3, -0.25) is 4.79 Å². The van der Waals surface area contributed by atoms with E-state index in [0.29, 0.717) is 25.6 Å². The predicted octanol–water partition coefficient (Wildman–Crippen LogP) is 0.197. The molecule has 0 aliphatic carbocycles. The second-order valence-corrected chi connectivity index (χ2v) is 4.58. The summed E-state index contributed by atoms with van der Waals surface area (Å²) in [5, 5.41) is 2.87. The molecule has 0 saturated heterocycles. The minimum atomic E-state index is -0.173. The van der Waals surface area contributed by atoms with Gasteiger partial charge >= 0.3 is 0 Å². The number of methoxy groups -OCH3 is 1. The molecule has 0 saturated carbocycles. The normalized spacial score (nSPS) is 13.1. The molecule has 5 heteroatoms. The van der Waals surface area contributed by atoms with Crippen LogP contribution in [0.4, 0.5) is 0 Å². The molecule has 0 rings (SSSR count). The summed E-state index contributed by atoms with van der Waals surface area (Å²) < 4.78 is 5.05. The summed E-state index contributed by atoms with van der Waals surface area (Å²) in [6, 6.07) is 0.542. The number of hydrogen-bond acceptors (Lipinski definition) is 4. The van der Waals surface area contributed by atoms with Crippen LogP contribution in [0.15, 0.2) is 0 Å². The Kier molecular flexibility index (Phi) is 9.03. The van der Waals surface area contributed by atoms with Crippen molar-refractivity contribution in [1.82, 2.24) is 10.2 Å². The molecule has 17 heavy (non-hydrogen) atoms. The van der Waals surface area contributed by atoms with Gasteiger partial charge in [0.15, 0.2) is 0 Å². The highest BCUT2D eigenvalue weighted by Crippen LogP contribution is 1.96. The third-order valence-electron chi connectivity index (χ3n) is 2.90. The number of nitrogens with zero attached hydrogens (tertiary/aromatic N) is 1. The molecule has 5 nitrogen and oxygen atoms in total. The molecule has 0 aromatic carbocycles. The van der Waals surface area contributed by atoms with Gasteiger partial charge in [0.25, 0.3) is 0 Å². The smallest absolute Gasteiger partial charge is 0.222 e. The molecule has 1 amide bonds. The van der Waals surface area contributed by atoms with Gasteiger partial charge in [0, 0.05) is 26.2 Å². The molecular weight excluding hydrogens is 218 g/mol. The van der Waals surface area contributed by atoms with E-state index in [1.54, 1.807) is 7.11 Å². The first-order valence-electron chi connectivity index (χ1n) is 6.21. The fraction of sp³-hybridized carbons (Fsp3) is 0.917. The summed E-state index contributed by atoms with van der Waals surface area (Å²) in [7, 11) is 3.66. The molecule has 0 spiro atoms. The van der Waals surface area contributed by atoms with Crippen LogP contribution in [0, 0.1) is 0 Å². The Hall–Kier alpha value is -0.650. The lowest BCUT2D eigenvalue weighted by Crippen LogP contribution is -2.34. The molecule has 0 radical (unpaired) electrons. The Bertz CT molecular complexity index is 206. The van der Waals surface area contributed by atoms with E-state index in [1.807, 2.05) is 0 Å². The van der Waals surface area contributed by atoms with Crippen molar-refractivity contribution in [3.05, 3.63) is 0 Å². The van der Waals surface area contributed by atoms with E-state index in [1.165, 1.54) is 0 Å². The molecule has 1 atom stereocenters. The summed E-state index contributed by atoms with van der Waals surface area (Å²) in [4.78, 5) is 13.7. The molecular formula is C12H27N3O2. The second-order valence-electron chi connectivity index (χ2n) is 4.58. The predicted molar refractivity (Wildman–Crippen MR) is 69.9 cm³/mol. The van der Waals surface area contributed by atoms with Gasteiger partial charge in [-0.2, -0.15) is 0 Å². The average Bonchev–Trinajstić information content (AvgIpc) is 2.31. The first kappa shape index (κ1) is 16.4. The molecule has 0 aliphatic rings. The molecule has 0 bridgehead atoms. The van der Waals surface area contributed by atoms with Crippen LogP contribution in [0.3, 0.4) is 0 Å². The van der Waals surface area contributed by atoms with Crippen molar-refractivity contribution < 1.29 is 9.53 Å². The van der Waals surface area contributed by atoms with Gasteiger partial charge in [-0.1, -0.05) is 0 Å². The maximum atomic E-state index is 11.5. The van der Waals surface area contributed by atoms with E-state index in [-0.39, 0.29) is 12.0 Å². The van der Waals surface area contributed by atoms with E-state index in [0.717, 1.165) is 13.0 Å². The number of nitrogens with two attached hydrogens (primary N) is 1. The summed E-state index contributed by atoms with van der Waals surface area (Å²) in [5.74, 6) is 0.00880. The Labute approximate surface area is 105 Å². The zero-order valence-electron chi connectivity index (χ0n) is 11.5. The average molecular weight is 245 g/mol. The first-order valence-corrected chi connectivity index (χ1v) is 6.21. The fourth-order valence-electron chi connectivity index (χ4n) is 1.36. The molecule has 1 unspecified atom stereocenters. The lowest BCUT2D eigenvalue weighted by atomic mass is 10.2. The van der Waals surface area contributed by atoms with Crippen LogP contribution in [0.25, 0.3) is 0 Å². The van der Waals surface area contributed by atoms with E-state index in [2.05, 4.69) is 31.1 Å². The highest BCUT2D eigenvalue weighted by atomic mass is 16.5. The van der Waals surface area contributed by atoms with E-state index in [9.17, 15) is 4.79 Å². The van der Waals surface area contributed by atoms with Crippen molar-refractivity contribution >= 4 is 5.91 Å². The van der Waals surface area contributed by atoms with Gasteiger partial charge in [-0.05, 0) is 33.9 Å². The summed E-state index contributed by atoms with van der Waals surface area (Å²) in [5.41, 5.74) is 5.45. The van der Waals surface area contributed by atoms with Gasteiger partial charge < -0.3 is 20.7 Å². The van der Waals surface area contributed by atoms with Crippen LogP contribution in [0.1, 0.15) is 26.7 Å². The fourth-order valence-corrected chi connectivity index (χ4v) is 1.36. The number of hydrogen-bond donors (Lipinski definition) is 2. The van der Waals surface area contributed by atoms with E-state index < -0.39 is 0 Å². The Morgan fingerprint density at radius 3 is 2.59 bits per heavy atom. The van der Waals surface area contributed by atoms with Crippen LogP contribution >= 0.6 is 0 Å². The van der Waals surface area contributed by atoms with Crippen molar-refractivity contribution in [2.75, 3.05) is 33.8 Å². The quantitative estimate of drug-likeness (QED) is 0.569. The highest BCUT2D eigenvalue weighted by Gasteiger charge is 2.10. The Balaban J connectivity index is 3.58. The van der Waals surface area contributed by atoms with Gasteiger partial charge in [-0.15, -0.1) is 0 Å². The molecule has 3 N–H and O–H groups in total. The molecule has 0 aliphatic heterocycles. The molecule has 0 aromatic rings. The van der Waals surface area contributed by atoms with Gasteiger partial charge in [0.2, 0.25) is 5.91 Å². The van der Waals surface area contributed by atoms with Crippen LogP contribution in [0.2, 0.25) is 0 Å².